The minimum absolute atomic E-state index is 0.0747. The van der Waals surface area contributed by atoms with Gasteiger partial charge in [-0.05, 0) is 32.9 Å². The lowest BCUT2D eigenvalue weighted by molar-refractivity contribution is 0.0767. The van der Waals surface area contributed by atoms with Crippen molar-refractivity contribution in [2.75, 3.05) is 18.4 Å². The quantitative estimate of drug-likeness (QED) is 0.917. The Morgan fingerprint density at radius 2 is 1.81 bits per heavy atom. The van der Waals surface area contributed by atoms with Gasteiger partial charge in [0.15, 0.2) is 0 Å². The molecule has 2 aromatic rings. The predicted molar refractivity (Wildman–Crippen MR) is 83.7 cm³/mol. The molecule has 0 bridgehead atoms. The third-order valence-corrected chi connectivity index (χ3v) is 3.26. The van der Waals surface area contributed by atoms with Crippen molar-refractivity contribution in [3.8, 4) is 0 Å². The third kappa shape index (κ3) is 3.78. The molecule has 0 saturated heterocycles. The lowest BCUT2D eigenvalue weighted by Crippen LogP contribution is -2.31. The molecule has 0 aliphatic rings. The average Bonchev–Trinajstić information content (AvgIpc) is 2.51. The van der Waals surface area contributed by atoms with Crippen LogP contribution in [0.4, 0.5) is 11.5 Å². The van der Waals surface area contributed by atoms with Gasteiger partial charge in [-0.15, -0.1) is 0 Å². The van der Waals surface area contributed by atoms with Crippen molar-refractivity contribution in [3.05, 3.63) is 47.9 Å². The fraction of sp³-hybridized carbons (Fsp3) is 0.312. The number of hydrogen-bond acceptors (Lipinski definition) is 4. The molecular weight excluding hydrogens is 264 g/mol. The Labute approximate surface area is 125 Å². The van der Waals surface area contributed by atoms with E-state index in [1.165, 1.54) is 11.9 Å². The number of aromatic nitrogens is 2. The summed E-state index contributed by atoms with van der Waals surface area (Å²) in [7, 11) is 0. The van der Waals surface area contributed by atoms with E-state index in [9.17, 15) is 4.79 Å². The van der Waals surface area contributed by atoms with Crippen LogP contribution in [-0.4, -0.2) is 33.9 Å². The molecule has 5 nitrogen and oxygen atoms in total. The van der Waals surface area contributed by atoms with Crippen LogP contribution in [0, 0.1) is 6.92 Å². The average molecular weight is 284 g/mol. The molecule has 0 spiro atoms. The van der Waals surface area contributed by atoms with Crippen LogP contribution in [0.3, 0.4) is 0 Å². The molecule has 0 unspecified atom stereocenters. The zero-order valence-corrected chi connectivity index (χ0v) is 12.6. The van der Waals surface area contributed by atoms with E-state index in [0.717, 1.165) is 5.69 Å². The minimum Gasteiger partial charge on any atom is -0.340 e. The van der Waals surface area contributed by atoms with Gasteiger partial charge in [0.2, 0.25) is 0 Å². The first-order valence-corrected chi connectivity index (χ1v) is 7.09. The van der Waals surface area contributed by atoms with Crippen LogP contribution in [0.25, 0.3) is 0 Å². The Kier molecular flexibility index (Phi) is 4.87. The van der Waals surface area contributed by atoms with Crippen LogP contribution in [-0.2, 0) is 0 Å². The second-order valence-electron chi connectivity index (χ2n) is 4.76. The molecule has 0 radical (unpaired) electrons. The number of aryl methyl sites for hydroxylation is 1. The molecule has 21 heavy (non-hydrogen) atoms. The van der Waals surface area contributed by atoms with E-state index in [0.29, 0.717) is 24.6 Å². The molecule has 1 N–H and O–H groups in total. The summed E-state index contributed by atoms with van der Waals surface area (Å²) in [6.07, 6.45) is 1.41. The molecule has 2 rings (SSSR count). The summed E-state index contributed by atoms with van der Waals surface area (Å²) >= 11 is 0. The molecular formula is C16H20N4O. The van der Waals surface area contributed by atoms with E-state index in [2.05, 4.69) is 15.3 Å². The fourth-order valence-electron chi connectivity index (χ4n) is 2.00. The van der Waals surface area contributed by atoms with Crippen molar-refractivity contribution < 1.29 is 4.79 Å². The molecule has 110 valence electrons. The summed E-state index contributed by atoms with van der Waals surface area (Å²) in [5.74, 6) is 0.540. The van der Waals surface area contributed by atoms with Crippen LogP contribution >= 0.6 is 0 Å². The normalized spacial score (nSPS) is 10.2. The lowest BCUT2D eigenvalue weighted by Gasteiger charge is -2.18. The van der Waals surface area contributed by atoms with Crippen molar-refractivity contribution in [1.29, 1.82) is 0 Å². The van der Waals surface area contributed by atoms with Gasteiger partial charge in [0, 0.05) is 24.8 Å². The molecule has 5 heteroatoms. The Morgan fingerprint density at radius 3 is 2.43 bits per heavy atom. The molecule has 0 atom stereocenters. The zero-order valence-electron chi connectivity index (χ0n) is 12.6. The maximum absolute atomic E-state index is 12.3. The van der Waals surface area contributed by atoms with Crippen molar-refractivity contribution in [2.45, 2.75) is 20.8 Å². The number of rotatable bonds is 5. The summed E-state index contributed by atoms with van der Waals surface area (Å²) in [6, 6.07) is 9.67. The first-order chi connectivity index (χ1) is 10.1. The largest absolute Gasteiger partial charge is 0.340 e. The smallest absolute Gasteiger partial charge is 0.272 e. The van der Waals surface area contributed by atoms with Crippen molar-refractivity contribution >= 4 is 17.4 Å². The van der Waals surface area contributed by atoms with Gasteiger partial charge in [0.1, 0.15) is 17.8 Å². The van der Waals surface area contributed by atoms with E-state index in [1.54, 1.807) is 11.0 Å². The number of amides is 1. The Balaban J connectivity index is 2.17. The molecule has 0 fully saturated rings. The first-order valence-electron chi connectivity index (χ1n) is 7.09. The van der Waals surface area contributed by atoms with Crippen LogP contribution < -0.4 is 5.32 Å². The Morgan fingerprint density at radius 1 is 1.14 bits per heavy atom. The fourth-order valence-corrected chi connectivity index (χ4v) is 2.00. The van der Waals surface area contributed by atoms with Gasteiger partial charge in [-0.3, -0.25) is 4.79 Å². The van der Waals surface area contributed by atoms with Crippen LogP contribution in [0.5, 0.6) is 0 Å². The minimum atomic E-state index is -0.0747. The molecule has 0 aliphatic heterocycles. The SMILES string of the molecule is CCN(CC)C(=O)c1cc(Nc2ccc(C)cc2)ncn1. The van der Waals surface area contributed by atoms with Gasteiger partial charge in [-0.1, -0.05) is 17.7 Å². The first kappa shape index (κ1) is 15.0. The second kappa shape index (κ2) is 6.83. The maximum Gasteiger partial charge on any atom is 0.272 e. The van der Waals surface area contributed by atoms with Gasteiger partial charge >= 0.3 is 0 Å². The Bertz CT molecular complexity index is 606. The summed E-state index contributed by atoms with van der Waals surface area (Å²) in [4.78, 5) is 22.2. The van der Waals surface area contributed by atoms with E-state index < -0.39 is 0 Å². The van der Waals surface area contributed by atoms with E-state index in [-0.39, 0.29) is 5.91 Å². The van der Waals surface area contributed by atoms with Gasteiger partial charge in [0.05, 0.1) is 0 Å². The van der Waals surface area contributed by atoms with Crippen molar-refractivity contribution in [2.24, 2.45) is 0 Å². The molecule has 1 heterocycles. The number of carbonyl (C=O) groups excluding carboxylic acids is 1. The van der Waals surface area contributed by atoms with Gasteiger partial charge < -0.3 is 10.2 Å². The summed E-state index contributed by atoms with van der Waals surface area (Å²) in [5, 5.41) is 3.18. The van der Waals surface area contributed by atoms with Gasteiger partial charge in [0.25, 0.3) is 5.91 Å². The Hall–Kier alpha value is -2.43. The summed E-state index contributed by atoms with van der Waals surface area (Å²) < 4.78 is 0. The van der Waals surface area contributed by atoms with Crippen LogP contribution in [0.15, 0.2) is 36.7 Å². The number of hydrogen-bond donors (Lipinski definition) is 1. The third-order valence-electron chi connectivity index (χ3n) is 3.26. The predicted octanol–water partition coefficient (Wildman–Crippen LogP) is 3.01. The van der Waals surface area contributed by atoms with Crippen molar-refractivity contribution in [1.82, 2.24) is 14.9 Å². The number of carbonyl (C=O) groups is 1. The molecule has 1 aromatic carbocycles. The van der Waals surface area contributed by atoms with Crippen molar-refractivity contribution in [3.63, 3.8) is 0 Å². The molecule has 0 aliphatic carbocycles. The molecule has 0 saturated carbocycles. The lowest BCUT2D eigenvalue weighted by atomic mass is 10.2. The highest BCUT2D eigenvalue weighted by molar-refractivity contribution is 5.93. The number of nitrogens with zero attached hydrogens (tertiary/aromatic N) is 3. The second-order valence-corrected chi connectivity index (χ2v) is 4.76. The van der Waals surface area contributed by atoms with Gasteiger partial charge in [-0.2, -0.15) is 0 Å². The van der Waals surface area contributed by atoms with Gasteiger partial charge in [-0.25, -0.2) is 9.97 Å². The number of nitrogens with one attached hydrogen (secondary N) is 1. The van der Waals surface area contributed by atoms with E-state index >= 15 is 0 Å². The molecule has 1 aromatic heterocycles. The van der Waals surface area contributed by atoms with E-state index in [1.807, 2.05) is 45.0 Å². The highest BCUT2D eigenvalue weighted by Crippen LogP contribution is 2.15. The number of benzene rings is 1. The standard InChI is InChI=1S/C16H20N4O/c1-4-20(5-2)16(21)14-10-15(18-11-17-14)19-13-8-6-12(3)7-9-13/h6-11H,4-5H2,1-3H3,(H,17,18,19). The van der Waals surface area contributed by atoms with Crippen LogP contribution in [0.2, 0.25) is 0 Å². The summed E-state index contributed by atoms with van der Waals surface area (Å²) in [6.45, 7) is 7.28. The number of anilines is 2. The summed E-state index contributed by atoms with van der Waals surface area (Å²) in [5.41, 5.74) is 2.53. The zero-order chi connectivity index (χ0) is 15.2. The van der Waals surface area contributed by atoms with E-state index in [4.69, 9.17) is 0 Å². The highest BCUT2D eigenvalue weighted by atomic mass is 16.2. The van der Waals surface area contributed by atoms with Crippen LogP contribution in [0.1, 0.15) is 29.9 Å². The highest BCUT2D eigenvalue weighted by Gasteiger charge is 2.14. The monoisotopic (exact) mass is 284 g/mol. The maximum atomic E-state index is 12.3. The molecule has 1 amide bonds. The topological polar surface area (TPSA) is 58.1 Å².